The van der Waals surface area contributed by atoms with Crippen molar-refractivity contribution in [3.63, 3.8) is 0 Å². The minimum absolute atomic E-state index is 0.136. The molecule has 3 aromatic rings. The fourth-order valence-electron chi connectivity index (χ4n) is 2.63. The van der Waals surface area contributed by atoms with E-state index in [0.29, 0.717) is 22.1 Å². The number of methoxy groups -OCH3 is 3. The van der Waals surface area contributed by atoms with Gasteiger partial charge in [0.05, 0.1) is 26.2 Å². The lowest BCUT2D eigenvalue weighted by Gasteiger charge is -2.14. The van der Waals surface area contributed by atoms with Gasteiger partial charge < -0.3 is 24.3 Å². The van der Waals surface area contributed by atoms with Crippen LogP contribution in [0, 0.1) is 0 Å². The zero-order valence-electron chi connectivity index (χ0n) is 14.3. The quantitative estimate of drug-likeness (QED) is 0.575. The van der Waals surface area contributed by atoms with Crippen LogP contribution in [0.4, 0.5) is 0 Å². The molecule has 0 saturated carbocycles. The molecule has 0 radical (unpaired) electrons. The molecule has 0 aliphatic heterocycles. The molecule has 0 bridgehead atoms. The molecular formula is C18H16BrNO5S. The Bertz CT molecular complexity index is 960. The second-order valence-corrected chi connectivity index (χ2v) is 7.29. The maximum absolute atomic E-state index is 11.7. The lowest BCUT2D eigenvalue weighted by atomic mass is 10.2. The van der Waals surface area contributed by atoms with Gasteiger partial charge in [-0.2, -0.15) is 0 Å². The van der Waals surface area contributed by atoms with Gasteiger partial charge in [-0.05, 0) is 30.3 Å². The van der Waals surface area contributed by atoms with E-state index in [1.807, 2.05) is 18.2 Å². The number of benzene rings is 2. The van der Waals surface area contributed by atoms with Crippen LogP contribution < -0.4 is 14.2 Å². The van der Waals surface area contributed by atoms with Gasteiger partial charge in [-0.1, -0.05) is 27.7 Å². The van der Waals surface area contributed by atoms with E-state index in [1.165, 1.54) is 33.1 Å². The number of rotatable bonds is 6. The molecule has 0 spiro atoms. The van der Waals surface area contributed by atoms with Crippen molar-refractivity contribution in [1.29, 1.82) is 0 Å². The van der Waals surface area contributed by atoms with Crippen LogP contribution in [-0.2, 0) is 0 Å². The lowest BCUT2D eigenvalue weighted by molar-refractivity contribution is 0.0688. The van der Waals surface area contributed by atoms with E-state index in [1.54, 1.807) is 12.1 Å². The number of H-pyrrole nitrogens is 1. The van der Waals surface area contributed by atoms with Crippen molar-refractivity contribution in [1.82, 2.24) is 4.98 Å². The monoisotopic (exact) mass is 437 g/mol. The van der Waals surface area contributed by atoms with Gasteiger partial charge in [-0.15, -0.1) is 0 Å². The van der Waals surface area contributed by atoms with E-state index in [0.717, 1.165) is 20.3 Å². The van der Waals surface area contributed by atoms with Crippen molar-refractivity contribution >= 4 is 44.6 Å². The molecule has 0 saturated heterocycles. The van der Waals surface area contributed by atoms with Gasteiger partial charge in [0.2, 0.25) is 5.75 Å². The van der Waals surface area contributed by atoms with Crippen LogP contribution in [0.5, 0.6) is 17.2 Å². The number of halogens is 1. The summed E-state index contributed by atoms with van der Waals surface area (Å²) >= 11 is 4.75. The van der Waals surface area contributed by atoms with Crippen molar-refractivity contribution in [2.75, 3.05) is 21.3 Å². The van der Waals surface area contributed by atoms with E-state index in [2.05, 4.69) is 20.9 Å². The molecule has 0 aliphatic carbocycles. The first-order valence-corrected chi connectivity index (χ1v) is 9.11. The maximum Gasteiger partial charge on any atom is 0.353 e. The van der Waals surface area contributed by atoms with Crippen molar-refractivity contribution in [2.24, 2.45) is 0 Å². The van der Waals surface area contributed by atoms with E-state index in [-0.39, 0.29) is 5.69 Å². The molecule has 0 fully saturated rings. The average Bonchev–Trinajstić information content (AvgIpc) is 2.98. The Morgan fingerprint density at radius 2 is 1.73 bits per heavy atom. The van der Waals surface area contributed by atoms with Gasteiger partial charge in [0.1, 0.15) is 5.69 Å². The second-order valence-electron chi connectivity index (χ2n) is 5.29. The van der Waals surface area contributed by atoms with Gasteiger partial charge >= 0.3 is 5.97 Å². The molecule has 2 aromatic carbocycles. The molecule has 136 valence electrons. The van der Waals surface area contributed by atoms with Crippen LogP contribution in [0.2, 0.25) is 0 Å². The fourth-order valence-corrected chi connectivity index (χ4v) is 4.08. The number of hydrogen-bond acceptors (Lipinski definition) is 5. The Hall–Kier alpha value is -2.32. The van der Waals surface area contributed by atoms with Crippen LogP contribution in [0.25, 0.3) is 10.9 Å². The predicted molar refractivity (Wildman–Crippen MR) is 103 cm³/mol. The number of nitrogens with one attached hydrogen (secondary N) is 1. The summed E-state index contributed by atoms with van der Waals surface area (Å²) in [4.78, 5) is 16.0. The average molecular weight is 438 g/mol. The SMILES string of the molecule is COc1cc(Sc2c(C(=O)O)[nH]c3ccc(Br)cc23)cc(OC)c1OC. The summed E-state index contributed by atoms with van der Waals surface area (Å²) in [7, 11) is 4.61. The van der Waals surface area contributed by atoms with Gasteiger partial charge in [0, 0.05) is 20.3 Å². The molecular weight excluding hydrogens is 422 g/mol. The van der Waals surface area contributed by atoms with Crippen LogP contribution in [0.3, 0.4) is 0 Å². The summed E-state index contributed by atoms with van der Waals surface area (Å²) in [5.41, 5.74) is 0.886. The number of aromatic carboxylic acids is 1. The highest BCUT2D eigenvalue weighted by Gasteiger charge is 2.20. The summed E-state index contributed by atoms with van der Waals surface area (Å²) in [5.74, 6) is 0.478. The number of hydrogen-bond donors (Lipinski definition) is 2. The predicted octanol–water partition coefficient (Wildman–Crippen LogP) is 4.81. The molecule has 26 heavy (non-hydrogen) atoms. The molecule has 1 heterocycles. The highest BCUT2D eigenvalue weighted by molar-refractivity contribution is 9.10. The third-order valence-electron chi connectivity index (χ3n) is 3.78. The number of aromatic nitrogens is 1. The van der Waals surface area contributed by atoms with E-state index in [9.17, 15) is 9.90 Å². The van der Waals surface area contributed by atoms with Gasteiger partial charge in [0.15, 0.2) is 11.5 Å². The Balaban J connectivity index is 2.15. The van der Waals surface area contributed by atoms with Crippen LogP contribution >= 0.6 is 27.7 Å². The van der Waals surface area contributed by atoms with E-state index >= 15 is 0 Å². The third kappa shape index (κ3) is 3.34. The first-order chi connectivity index (χ1) is 12.5. The molecule has 0 aliphatic rings. The summed E-state index contributed by atoms with van der Waals surface area (Å²) in [6, 6.07) is 9.16. The second kappa shape index (κ2) is 7.51. The molecule has 1 aromatic heterocycles. The summed E-state index contributed by atoms with van der Waals surface area (Å²) in [6.07, 6.45) is 0. The topological polar surface area (TPSA) is 80.8 Å². The molecule has 0 unspecified atom stereocenters. The molecule has 2 N–H and O–H groups in total. The van der Waals surface area contributed by atoms with Crippen molar-refractivity contribution in [3.05, 3.63) is 40.5 Å². The lowest BCUT2D eigenvalue weighted by Crippen LogP contribution is -1.98. The van der Waals surface area contributed by atoms with E-state index in [4.69, 9.17) is 14.2 Å². The molecule has 6 nitrogen and oxygen atoms in total. The van der Waals surface area contributed by atoms with Crippen molar-refractivity contribution in [3.8, 4) is 17.2 Å². The van der Waals surface area contributed by atoms with Crippen LogP contribution in [-0.4, -0.2) is 37.4 Å². The smallest absolute Gasteiger partial charge is 0.353 e. The summed E-state index contributed by atoms with van der Waals surface area (Å²) in [6.45, 7) is 0. The Kier molecular flexibility index (Phi) is 5.33. The van der Waals surface area contributed by atoms with Gasteiger partial charge in [0.25, 0.3) is 0 Å². The number of carboxylic acid groups (broad SMARTS) is 1. The molecule has 0 atom stereocenters. The highest BCUT2D eigenvalue weighted by atomic mass is 79.9. The number of carbonyl (C=O) groups is 1. The minimum Gasteiger partial charge on any atom is -0.493 e. The largest absolute Gasteiger partial charge is 0.493 e. The van der Waals surface area contributed by atoms with E-state index < -0.39 is 5.97 Å². The van der Waals surface area contributed by atoms with Crippen LogP contribution in [0.15, 0.2) is 44.6 Å². The summed E-state index contributed by atoms with van der Waals surface area (Å²) in [5, 5.41) is 10.4. The Labute approximate surface area is 162 Å². The van der Waals surface area contributed by atoms with Gasteiger partial charge in [-0.25, -0.2) is 4.79 Å². The Morgan fingerprint density at radius 3 is 2.27 bits per heavy atom. The zero-order chi connectivity index (χ0) is 18.8. The zero-order valence-corrected chi connectivity index (χ0v) is 16.7. The van der Waals surface area contributed by atoms with Gasteiger partial charge in [-0.3, -0.25) is 0 Å². The number of carboxylic acids is 1. The summed E-state index contributed by atoms with van der Waals surface area (Å²) < 4.78 is 16.9. The maximum atomic E-state index is 11.7. The first-order valence-electron chi connectivity index (χ1n) is 7.50. The highest BCUT2D eigenvalue weighted by Crippen LogP contribution is 2.45. The minimum atomic E-state index is -1.02. The fraction of sp³-hybridized carbons (Fsp3) is 0.167. The van der Waals surface area contributed by atoms with Crippen LogP contribution in [0.1, 0.15) is 10.5 Å². The number of ether oxygens (including phenoxy) is 3. The molecule has 0 amide bonds. The molecule has 3 rings (SSSR count). The van der Waals surface area contributed by atoms with Crippen molar-refractivity contribution < 1.29 is 24.1 Å². The number of aromatic amines is 1. The van der Waals surface area contributed by atoms with Crippen molar-refractivity contribution in [2.45, 2.75) is 9.79 Å². The normalized spacial score (nSPS) is 10.8. The third-order valence-corrected chi connectivity index (χ3v) is 5.38. The standard InChI is InChI=1S/C18H16BrNO5S/c1-23-13-7-10(8-14(24-2)16(13)25-3)26-17-11-6-9(19)4-5-12(11)20-15(17)18(21)22/h4-8,20H,1-3H3,(H,21,22). The number of fused-ring (bicyclic) bond motifs is 1. The molecule has 8 heteroatoms. The first kappa shape index (κ1) is 18.5. The Morgan fingerprint density at radius 1 is 1.08 bits per heavy atom.